The number of benzene rings is 2. The molecule has 27 heavy (non-hydrogen) atoms. The molecule has 142 valence electrons. The first-order valence-corrected chi connectivity index (χ1v) is 9.51. The molecule has 0 aromatic heterocycles. The second-order valence-electron chi connectivity index (χ2n) is 7.21. The van der Waals surface area contributed by atoms with Gasteiger partial charge in [-0.2, -0.15) is 0 Å². The maximum Gasteiger partial charge on any atom is 0.254 e. The number of amides is 2. The zero-order valence-corrected chi connectivity index (χ0v) is 15.7. The third-order valence-electron chi connectivity index (χ3n) is 5.13. The van der Waals surface area contributed by atoms with Crippen LogP contribution in [0.4, 0.5) is 5.69 Å². The summed E-state index contributed by atoms with van der Waals surface area (Å²) in [7, 11) is 0. The van der Waals surface area contributed by atoms with Gasteiger partial charge in [0.25, 0.3) is 5.91 Å². The number of rotatable bonds is 5. The second kappa shape index (κ2) is 8.82. The van der Waals surface area contributed by atoms with E-state index in [9.17, 15) is 9.59 Å². The van der Waals surface area contributed by atoms with Crippen LogP contribution >= 0.6 is 0 Å². The quantitative estimate of drug-likeness (QED) is 0.851. The molecule has 5 heteroatoms. The fourth-order valence-corrected chi connectivity index (χ4v) is 3.68. The van der Waals surface area contributed by atoms with Crippen molar-refractivity contribution in [1.82, 2.24) is 4.90 Å². The van der Waals surface area contributed by atoms with Crippen molar-refractivity contribution in [3.63, 3.8) is 0 Å². The van der Waals surface area contributed by atoms with Crippen molar-refractivity contribution in [2.75, 3.05) is 5.32 Å². The maximum absolute atomic E-state index is 13.3. The Morgan fingerprint density at radius 1 is 1.00 bits per heavy atom. The van der Waals surface area contributed by atoms with Gasteiger partial charge in [-0.05, 0) is 49.4 Å². The lowest BCUT2D eigenvalue weighted by molar-refractivity contribution is -0.114. The summed E-state index contributed by atoms with van der Waals surface area (Å²) in [5.41, 5.74) is 8.44. The van der Waals surface area contributed by atoms with Gasteiger partial charge in [0, 0.05) is 36.8 Å². The Hall–Kier alpha value is -2.66. The highest BCUT2D eigenvalue weighted by Crippen LogP contribution is 2.27. The summed E-state index contributed by atoms with van der Waals surface area (Å²) < 4.78 is 0. The number of nitrogens with two attached hydrogens (primary N) is 1. The van der Waals surface area contributed by atoms with Gasteiger partial charge in [0.15, 0.2) is 0 Å². The number of carbonyl (C=O) groups is 2. The van der Waals surface area contributed by atoms with E-state index in [-0.39, 0.29) is 23.9 Å². The molecular formula is C22H27N3O2. The topological polar surface area (TPSA) is 75.4 Å². The molecule has 2 aromatic carbocycles. The largest absolute Gasteiger partial charge is 0.331 e. The van der Waals surface area contributed by atoms with Crippen molar-refractivity contribution in [2.24, 2.45) is 5.73 Å². The van der Waals surface area contributed by atoms with Crippen molar-refractivity contribution >= 4 is 17.5 Å². The van der Waals surface area contributed by atoms with Gasteiger partial charge in [0.05, 0.1) is 0 Å². The SMILES string of the molecule is CC(=O)Nc1ccccc1CN(C(=O)c1ccccc1)C1CCC(N)CC1. The summed E-state index contributed by atoms with van der Waals surface area (Å²) >= 11 is 0. The van der Waals surface area contributed by atoms with Crippen LogP contribution in [0.5, 0.6) is 0 Å². The Morgan fingerprint density at radius 3 is 2.30 bits per heavy atom. The molecule has 0 heterocycles. The average molecular weight is 365 g/mol. The lowest BCUT2D eigenvalue weighted by Crippen LogP contribution is -2.44. The maximum atomic E-state index is 13.3. The first-order chi connectivity index (χ1) is 13.0. The molecule has 1 aliphatic carbocycles. The standard InChI is InChI=1S/C22H27N3O2/c1-16(26)24-21-10-6-5-9-18(21)15-25(20-13-11-19(23)12-14-20)22(27)17-7-3-2-4-8-17/h2-10,19-20H,11-15,23H2,1H3,(H,24,26). The van der Waals surface area contributed by atoms with Crippen molar-refractivity contribution in [3.05, 3.63) is 65.7 Å². The first-order valence-electron chi connectivity index (χ1n) is 9.51. The number of para-hydroxylation sites is 1. The third-order valence-corrected chi connectivity index (χ3v) is 5.13. The summed E-state index contributed by atoms with van der Waals surface area (Å²) in [6.07, 6.45) is 3.66. The van der Waals surface area contributed by atoms with Crippen LogP contribution in [-0.2, 0) is 11.3 Å². The van der Waals surface area contributed by atoms with Gasteiger partial charge in [-0.25, -0.2) is 0 Å². The Bertz CT molecular complexity index is 783. The van der Waals surface area contributed by atoms with E-state index in [1.54, 1.807) is 0 Å². The zero-order chi connectivity index (χ0) is 19.2. The smallest absolute Gasteiger partial charge is 0.254 e. The molecule has 1 fully saturated rings. The highest BCUT2D eigenvalue weighted by atomic mass is 16.2. The lowest BCUT2D eigenvalue weighted by atomic mass is 9.90. The Kier molecular flexibility index (Phi) is 6.24. The minimum atomic E-state index is -0.118. The molecule has 0 bridgehead atoms. The fraction of sp³-hybridized carbons (Fsp3) is 0.364. The van der Waals surface area contributed by atoms with E-state index in [1.807, 2.05) is 59.5 Å². The molecule has 0 unspecified atom stereocenters. The van der Waals surface area contributed by atoms with E-state index in [2.05, 4.69) is 5.32 Å². The molecule has 0 aliphatic heterocycles. The highest BCUT2D eigenvalue weighted by Gasteiger charge is 2.29. The molecular weight excluding hydrogens is 338 g/mol. The summed E-state index contributed by atoms with van der Waals surface area (Å²) in [5.74, 6) is -0.0966. The molecule has 0 spiro atoms. The summed E-state index contributed by atoms with van der Waals surface area (Å²) in [4.78, 5) is 26.8. The van der Waals surface area contributed by atoms with E-state index in [0.717, 1.165) is 36.9 Å². The van der Waals surface area contributed by atoms with Crippen molar-refractivity contribution in [1.29, 1.82) is 0 Å². The number of hydrogen-bond donors (Lipinski definition) is 2. The van der Waals surface area contributed by atoms with Crippen LogP contribution in [0.15, 0.2) is 54.6 Å². The molecule has 3 N–H and O–H groups in total. The monoisotopic (exact) mass is 365 g/mol. The van der Waals surface area contributed by atoms with E-state index in [4.69, 9.17) is 5.73 Å². The fourth-order valence-electron chi connectivity index (χ4n) is 3.68. The molecule has 2 amide bonds. The van der Waals surface area contributed by atoms with Crippen LogP contribution < -0.4 is 11.1 Å². The Balaban J connectivity index is 1.88. The number of nitrogens with zero attached hydrogens (tertiary/aromatic N) is 1. The van der Waals surface area contributed by atoms with Gasteiger partial charge >= 0.3 is 0 Å². The van der Waals surface area contributed by atoms with E-state index >= 15 is 0 Å². The van der Waals surface area contributed by atoms with Crippen LogP contribution in [0.1, 0.15) is 48.5 Å². The number of carbonyl (C=O) groups excluding carboxylic acids is 2. The highest BCUT2D eigenvalue weighted by molar-refractivity contribution is 5.94. The van der Waals surface area contributed by atoms with Crippen LogP contribution in [-0.4, -0.2) is 28.8 Å². The minimum Gasteiger partial charge on any atom is -0.331 e. The molecule has 1 saturated carbocycles. The van der Waals surface area contributed by atoms with Gasteiger partial charge in [0.2, 0.25) is 5.91 Å². The lowest BCUT2D eigenvalue weighted by Gasteiger charge is -2.36. The van der Waals surface area contributed by atoms with Crippen LogP contribution in [0.2, 0.25) is 0 Å². The van der Waals surface area contributed by atoms with Crippen LogP contribution in [0, 0.1) is 0 Å². The first kappa shape index (κ1) is 19.1. The molecule has 2 aromatic rings. The average Bonchev–Trinajstić information content (AvgIpc) is 2.68. The van der Waals surface area contributed by atoms with Gasteiger partial charge < -0.3 is 16.0 Å². The van der Waals surface area contributed by atoms with Gasteiger partial charge in [0.1, 0.15) is 0 Å². The summed E-state index contributed by atoms with van der Waals surface area (Å²) in [6, 6.07) is 17.4. The van der Waals surface area contributed by atoms with Crippen LogP contribution in [0.3, 0.4) is 0 Å². The number of nitrogens with one attached hydrogen (secondary N) is 1. The van der Waals surface area contributed by atoms with E-state index in [0.29, 0.717) is 12.1 Å². The zero-order valence-electron chi connectivity index (χ0n) is 15.7. The van der Waals surface area contributed by atoms with Crippen molar-refractivity contribution in [2.45, 2.75) is 51.2 Å². The Morgan fingerprint density at radius 2 is 1.63 bits per heavy atom. The molecule has 0 saturated heterocycles. The third kappa shape index (κ3) is 4.95. The van der Waals surface area contributed by atoms with Gasteiger partial charge in [-0.15, -0.1) is 0 Å². The van der Waals surface area contributed by atoms with Crippen molar-refractivity contribution < 1.29 is 9.59 Å². The van der Waals surface area contributed by atoms with E-state index in [1.165, 1.54) is 6.92 Å². The van der Waals surface area contributed by atoms with Gasteiger partial charge in [-0.3, -0.25) is 9.59 Å². The second-order valence-corrected chi connectivity index (χ2v) is 7.21. The Labute approximate surface area is 160 Å². The van der Waals surface area contributed by atoms with Crippen LogP contribution in [0.25, 0.3) is 0 Å². The minimum absolute atomic E-state index is 0.0219. The molecule has 3 rings (SSSR count). The number of hydrogen-bond acceptors (Lipinski definition) is 3. The van der Waals surface area contributed by atoms with E-state index < -0.39 is 0 Å². The normalized spacial score (nSPS) is 19.3. The summed E-state index contributed by atoms with van der Waals surface area (Å²) in [5, 5.41) is 2.87. The molecule has 0 atom stereocenters. The van der Waals surface area contributed by atoms with Crippen molar-refractivity contribution in [3.8, 4) is 0 Å². The number of anilines is 1. The molecule has 5 nitrogen and oxygen atoms in total. The summed E-state index contributed by atoms with van der Waals surface area (Å²) in [6.45, 7) is 1.95. The molecule has 0 radical (unpaired) electrons. The molecule has 1 aliphatic rings. The predicted octanol–water partition coefficient (Wildman–Crippen LogP) is 3.56. The predicted molar refractivity (Wildman–Crippen MR) is 107 cm³/mol. The van der Waals surface area contributed by atoms with Gasteiger partial charge in [-0.1, -0.05) is 36.4 Å².